The van der Waals surface area contributed by atoms with Gasteiger partial charge in [-0.2, -0.15) is 0 Å². The Bertz CT molecular complexity index is 828. The second-order valence-electron chi connectivity index (χ2n) is 6.72. The van der Waals surface area contributed by atoms with E-state index in [1.807, 2.05) is 30.3 Å². The van der Waals surface area contributed by atoms with E-state index in [0.717, 1.165) is 61.3 Å². The van der Waals surface area contributed by atoms with E-state index < -0.39 is 0 Å². The molecule has 2 heterocycles. The molecule has 4 nitrogen and oxygen atoms in total. The van der Waals surface area contributed by atoms with E-state index in [1.165, 1.54) is 5.56 Å². The van der Waals surface area contributed by atoms with Crippen molar-refractivity contribution in [1.29, 1.82) is 0 Å². The Morgan fingerprint density at radius 2 is 1.48 bits per heavy atom. The zero-order chi connectivity index (χ0) is 17.8. The van der Waals surface area contributed by atoms with Gasteiger partial charge in [-0.3, -0.25) is 9.80 Å². The lowest BCUT2D eigenvalue weighted by Crippen LogP contribution is -2.45. The number of halogens is 2. The average Bonchev–Trinajstić information content (AvgIpc) is 3.13. The Morgan fingerprint density at radius 3 is 2.15 bits per heavy atom. The van der Waals surface area contributed by atoms with Crippen molar-refractivity contribution in [2.45, 2.75) is 13.1 Å². The summed E-state index contributed by atoms with van der Waals surface area (Å²) in [6.45, 7) is 6.07. The van der Waals surface area contributed by atoms with E-state index in [0.29, 0.717) is 0 Å². The van der Waals surface area contributed by atoms with Gasteiger partial charge in [-0.25, -0.2) is 0 Å². The lowest BCUT2D eigenvalue weighted by molar-refractivity contribution is 0.114. The van der Waals surface area contributed by atoms with E-state index in [2.05, 4.69) is 45.3 Å². The fraction of sp³-hybridized carbons (Fsp3) is 0.286. The van der Waals surface area contributed by atoms with Crippen LogP contribution in [0, 0.1) is 0 Å². The molecule has 1 aliphatic rings. The Morgan fingerprint density at radius 1 is 0.852 bits per heavy atom. The first-order valence-corrected chi connectivity index (χ1v) is 9.34. The second-order valence-corrected chi connectivity index (χ2v) is 7.16. The van der Waals surface area contributed by atoms with Crippen LogP contribution in [0.3, 0.4) is 0 Å². The summed E-state index contributed by atoms with van der Waals surface area (Å²) in [7, 11) is 0. The molecule has 3 aromatic rings. The van der Waals surface area contributed by atoms with Crippen LogP contribution in [0.1, 0.15) is 11.3 Å². The first-order chi connectivity index (χ1) is 12.8. The van der Waals surface area contributed by atoms with Crippen LogP contribution >= 0.6 is 24.0 Å². The first-order valence-electron chi connectivity index (χ1n) is 8.96. The minimum Gasteiger partial charge on any atom is -0.359 e. The summed E-state index contributed by atoms with van der Waals surface area (Å²) in [6.07, 6.45) is 0. The second kappa shape index (κ2) is 9.38. The molecule has 0 amide bonds. The first kappa shape index (κ1) is 19.9. The molecule has 1 aromatic heterocycles. The molecule has 0 unspecified atom stereocenters. The SMILES string of the molecule is Cl.Clc1ccc(-c2cc(CN3CCN(Cc4ccccc4)CC3)on2)cc1. The molecule has 2 aromatic carbocycles. The van der Waals surface area contributed by atoms with Crippen LogP contribution in [-0.2, 0) is 13.1 Å². The summed E-state index contributed by atoms with van der Waals surface area (Å²) in [5.74, 6) is 0.909. The van der Waals surface area contributed by atoms with E-state index in [1.54, 1.807) is 0 Å². The summed E-state index contributed by atoms with van der Waals surface area (Å²) in [5, 5.41) is 4.92. The highest BCUT2D eigenvalue weighted by Gasteiger charge is 2.18. The molecule has 0 N–H and O–H groups in total. The molecule has 1 saturated heterocycles. The molecule has 4 rings (SSSR count). The third-order valence-electron chi connectivity index (χ3n) is 4.79. The van der Waals surface area contributed by atoms with Gasteiger partial charge >= 0.3 is 0 Å². The van der Waals surface area contributed by atoms with Gasteiger partial charge in [0.2, 0.25) is 0 Å². The zero-order valence-corrected chi connectivity index (χ0v) is 16.6. The largest absolute Gasteiger partial charge is 0.359 e. The molecular formula is C21H23Cl2N3O. The van der Waals surface area contributed by atoms with Crippen LogP contribution in [0.4, 0.5) is 0 Å². The highest BCUT2D eigenvalue weighted by Crippen LogP contribution is 2.22. The van der Waals surface area contributed by atoms with Crippen LogP contribution in [0.15, 0.2) is 65.2 Å². The third-order valence-corrected chi connectivity index (χ3v) is 5.04. The summed E-state index contributed by atoms with van der Waals surface area (Å²) >= 11 is 5.94. The summed E-state index contributed by atoms with van der Waals surface area (Å²) in [4.78, 5) is 4.93. The van der Waals surface area contributed by atoms with Crippen molar-refractivity contribution in [3.8, 4) is 11.3 Å². The summed E-state index contributed by atoms with van der Waals surface area (Å²) in [5.41, 5.74) is 3.26. The van der Waals surface area contributed by atoms with Crippen molar-refractivity contribution in [1.82, 2.24) is 15.0 Å². The molecule has 0 atom stereocenters. The molecule has 0 radical (unpaired) electrons. The summed E-state index contributed by atoms with van der Waals surface area (Å²) < 4.78 is 5.54. The maximum absolute atomic E-state index is 5.94. The number of hydrogen-bond donors (Lipinski definition) is 0. The van der Waals surface area contributed by atoms with Crippen LogP contribution in [0.5, 0.6) is 0 Å². The lowest BCUT2D eigenvalue weighted by atomic mass is 10.1. The number of benzene rings is 2. The zero-order valence-electron chi connectivity index (χ0n) is 15.1. The smallest absolute Gasteiger partial charge is 0.151 e. The lowest BCUT2D eigenvalue weighted by Gasteiger charge is -2.34. The molecule has 1 fully saturated rings. The molecule has 0 aliphatic carbocycles. The number of nitrogens with zero attached hydrogens (tertiary/aromatic N) is 3. The van der Waals surface area contributed by atoms with Crippen LogP contribution in [0.2, 0.25) is 5.02 Å². The standard InChI is InChI=1S/C21H22ClN3O.ClH/c22-19-8-6-18(7-9-19)21-14-20(26-23-21)16-25-12-10-24(11-13-25)15-17-4-2-1-3-5-17;/h1-9,14H,10-13,15-16H2;1H. The van der Waals surface area contributed by atoms with Crippen LogP contribution in [-0.4, -0.2) is 41.1 Å². The van der Waals surface area contributed by atoms with E-state index >= 15 is 0 Å². The predicted octanol–water partition coefficient (Wildman–Crippen LogP) is 4.73. The van der Waals surface area contributed by atoms with E-state index in [-0.39, 0.29) is 12.4 Å². The number of piperazine rings is 1. The fourth-order valence-electron chi connectivity index (χ4n) is 3.31. The minimum absolute atomic E-state index is 0. The number of hydrogen-bond acceptors (Lipinski definition) is 4. The monoisotopic (exact) mass is 403 g/mol. The molecule has 27 heavy (non-hydrogen) atoms. The Hall–Kier alpha value is -1.85. The Balaban J connectivity index is 0.00000210. The topological polar surface area (TPSA) is 32.5 Å². The number of rotatable bonds is 5. The van der Waals surface area contributed by atoms with Crippen molar-refractivity contribution in [2.75, 3.05) is 26.2 Å². The van der Waals surface area contributed by atoms with Gasteiger partial charge in [0.05, 0.1) is 6.54 Å². The van der Waals surface area contributed by atoms with Crippen LogP contribution < -0.4 is 0 Å². The van der Waals surface area contributed by atoms with Gasteiger partial charge in [-0.1, -0.05) is 59.2 Å². The molecular weight excluding hydrogens is 381 g/mol. The van der Waals surface area contributed by atoms with Crippen molar-refractivity contribution in [3.05, 3.63) is 77.0 Å². The maximum atomic E-state index is 5.94. The Kier molecular flexibility index (Phi) is 6.91. The molecule has 0 saturated carbocycles. The van der Waals surface area contributed by atoms with Gasteiger partial charge in [0.25, 0.3) is 0 Å². The van der Waals surface area contributed by atoms with Crippen molar-refractivity contribution < 1.29 is 4.52 Å². The van der Waals surface area contributed by atoms with Crippen molar-refractivity contribution in [2.24, 2.45) is 0 Å². The Labute approximate surface area is 171 Å². The highest BCUT2D eigenvalue weighted by molar-refractivity contribution is 6.30. The van der Waals surface area contributed by atoms with Crippen molar-refractivity contribution >= 4 is 24.0 Å². The van der Waals surface area contributed by atoms with E-state index in [4.69, 9.17) is 16.1 Å². The van der Waals surface area contributed by atoms with Gasteiger partial charge in [0, 0.05) is 49.4 Å². The normalized spacial score (nSPS) is 15.4. The van der Waals surface area contributed by atoms with E-state index in [9.17, 15) is 0 Å². The quantitative estimate of drug-likeness (QED) is 0.615. The van der Waals surface area contributed by atoms with Gasteiger partial charge < -0.3 is 4.52 Å². The summed E-state index contributed by atoms with van der Waals surface area (Å²) in [6, 6.07) is 20.4. The fourth-order valence-corrected chi connectivity index (χ4v) is 3.44. The third kappa shape index (κ3) is 5.33. The van der Waals surface area contributed by atoms with Gasteiger partial charge in [0.1, 0.15) is 5.69 Å². The average molecular weight is 404 g/mol. The predicted molar refractivity (Wildman–Crippen MR) is 111 cm³/mol. The maximum Gasteiger partial charge on any atom is 0.151 e. The number of aromatic nitrogens is 1. The van der Waals surface area contributed by atoms with Gasteiger partial charge in [-0.15, -0.1) is 12.4 Å². The molecule has 1 aliphatic heterocycles. The van der Waals surface area contributed by atoms with Crippen molar-refractivity contribution in [3.63, 3.8) is 0 Å². The van der Waals surface area contributed by atoms with Gasteiger partial charge in [-0.05, 0) is 17.7 Å². The molecule has 6 heteroatoms. The van der Waals surface area contributed by atoms with Gasteiger partial charge in [0.15, 0.2) is 5.76 Å². The molecule has 0 spiro atoms. The van der Waals surface area contributed by atoms with Crippen LogP contribution in [0.25, 0.3) is 11.3 Å². The minimum atomic E-state index is 0. The molecule has 0 bridgehead atoms. The molecule has 142 valence electrons. The highest BCUT2D eigenvalue weighted by atomic mass is 35.5.